The molecule has 0 radical (unpaired) electrons. The summed E-state index contributed by atoms with van der Waals surface area (Å²) in [6.07, 6.45) is 3.07. The van der Waals surface area contributed by atoms with E-state index < -0.39 is 6.10 Å². The maximum absolute atomic E-state index is 13.1. The van der Waals surface area contributed by atoms with Crippen molar-refractivity contribution in [3.63, 3.8) is 0 Å². The molecular formula is C14H16FN3O. The molecule has 0 bridgehead atoms. The molecule has 2 aromatic rings. The highest BCUT2D eigenvalue weighted by Crippen LogP contribution is 2.23. The summed E-state index contributed by atoms with van der Waals surface area (Å²) >= 11 is 0. The van der Waals surface area contributed by atoms with Gasteiger partial charge in [-0.15, -0.1) is 0 Å². The van der Waals surface area contributed by atoms with Crippen LogP contribution in [0, 0.1) is 5.82 Å². The van der Waals surface area contributed by atoms with Gasteiger partial charge in [0.2, 0.25) is 0 Å². The van der Waals surface area contributed by atoms with Gasteiger partial charge < -0.3 is 5.11 Å². The van der Waals surface area contributed by atoms with Crippen molar-refractivity contribution in [2.45, 2.75) is 12.1 Å². The zero-order valence-corrected chi connectivity index (χ0v) is 10.5. The highest BCUT2D eigenvalue weighted by molar-refractivity contribution is 5.19. The lowest BCUT2D eigenvalue weighted by molar-refractivity contribution is 0.0400. The second-order valence-corrected chi connectivity index (χ2v) is 4.93. The Morgan fingerprint density at radius 2 is 2.21 bits per heavy atom. The van der Waals surface area contributed by atoms with Crippen molar-refractivity contribution in [3.05, 3.63) is 54.1 Å². The van der Waals surface area contributed by atoms with Crippen LogP contribution in [0.15, 0.2) is 42.7 Å². The highest BCUT2D eigenvalue weighted by atomic mass is 19.1. The van der Waals surface area contributed by atoms with Gasteiger partial charge in [-0.3, -0.25) is 9.58 Å². The minimum Gasteiger partial charge on any atom is -0.387 e. The lowest BCUT2D eigenvalue weighted by atomic mass is 10.0. The van der Waals surface area contributed by atoms with E-state index in [9.17, 15) is 9.50 Å². The summed E-state index contributed by atoms with van der Waals surface area (Å²) in [6.45, 7) is 2.27. The summed E-state index contributed by atoms with van der Waals surface area (Å²) in [5, 5.41) is 14.3. The largest absolute Gasteiger partial charge is 0.387 e. The lowest BCUT2D eigenvalue weighted by Gasteiger charge is -2.40. The van der Waals surface area contributed by atoms with Crippen molar-refractivity contribution >= 4 is 0 Å². The Balaban J connectivity index is 1.53. The summed E-state index contributed by atoms with van der Waals surface area (Å²) < 4.78 is 15.0. The van der Waals surface area contributed by atoms with Crippen LogP contribution in [0.1, 0.15) is 17.7 Å². The molecule has 1 atom stereocenters. The van der Waals surface area contributed by atoms with Crippen molar-refractivity contribution < 1.29 is 9.50 Å². The Morgan fingerprint density at radius 3 is 2.89 bits per heavy atom. The number of hydrogen-bond donors (Lipinski definition) is 1. The number of likely N-dealkylation sites (tertiary alicyclic amines) is 1. The van der Waals surface area contributed by atoms with Gasteiger partial charge in [0.15, 0.2) is 0 Å². The number of rotatable bonds is 4. The van der Waals surface area contributed by atoms with Crippen LogP contribution in [0.5, 0.6) is 0 Å². The molecule has 0 saturated carbocycles. The molecule has 3 rings (SSSR count). The average molecular weight is 261 g/mol. The average Bonchev–Trinajstić information content (AvgIpc) is 2.86. The maximum atomic E-state index is 13.1. The molecule has 100 valence electrons. The molecular weight excluding hydrogens is 245 g/mol. The van der Waals surface area contributed by atoms with Crippen LogP contribution >= 0.6 is 0 Å². The SMILES string of the molecule is O[C@@H](CN1CC(n2cccn2)C1)c1cccc(F)c1. The van der Waals surface area contributed by atoms with Crippen LogP contribution in [0.2, 0.25) is 0 Å². The number of aliphatic hydroxyl groups excluding tert-OH is 1. The fourth-order valence-electron chi connectivity index (χ4n) is 2.42. The van der Waals surface area contributed by atoms with Gasteiger partial charge in [0, 0.05) is 32.0 Å². The van der Waals surface area contributed by atoms with Crippen molar-refractivity contribution in [3.8, 4) is 0 Å². The highest BCUT2D eigenvalue weighted by Gasteiger charge is 2.29. The van der Waals surface area contributed by atoms with Crippen LogP contribution in [0.4, 0.5) is 4.39 Å². The first-order valence-electron chi connectivity index (χ1n) is 6.37. The van der Waals surface area contributed by atoms with Gasteiger partial charge in [-0.1, -0.05) is 12.1 Å². The quantitative estimate of drug-likeness (QED) is 0.909. The van der Waals surface area contributed by atoms with Gasteiger partial charge in [0.25, 0.3) is 0 Å². The van der Waals surface area contributed by atoms with Gasteiger partial charge >= 0.3 is 0 Å². The minimum absolute atomic E-state index is 0.311. The topological polar surface area (TPSA) is 41.3 Å². The maximum Gasteiger partial charge on any atom is 0.123 e. The summed E-state index contributed by atoms with van der Waals surface area (Å²) in [7, 11) is 0. The van der Waals surface area contributed by atoms with Crippen molar-refractivity contribution in [1.29, 1.82) is 0 Å². The number of aliphatic hydroxyl groups is 1. The Bertz CT molecular complexity index is 537. The molecule has 0 spiro atoms. The molecule has 1 fully saturated rings. The zero-order chi connectivity index (χ0) is 13.2. The van der Waals surface area contributed by atoms with Gasteiger partial charge in [-0.2, -0.15) is 5.10 Å². The van der Waals surface area contributed by atoms with E-state index >= 15 is 0 Å². The lowest BCUT2D eigenvalue weighted by Crippen LogP contribution is -2.49. The number of benzene rings is 1. The van der Waals surface area contributed by atoms with E-state index in [4.69, 9.17) is 0 Å². The molecule has 1 saturated heterocycles. The third-order valence-electron chi connectivity index (χ3n) is 3.50. The minimum atomic E-state index is -0.644. The van der Waals surface area contributed by atoms with E-state index in [1.807, 2.05) is 16.9 Å². The summed E-state index contributed by atoms with van der Waals surface area (Å²) in [5.74, 6) is -0.311. The Morgan fingerprint density at radius 1 is 1.37 bits per heavy atom. The van der Waals surface area contributed by atoms with Crippen molar-refractivity contribution in [2.75, 3.05) is 19.6 Å². The first-order valence-corrected chi connectivity index (χ1v) is 6.37. The van der Waals surface area contributed by atoms with Crippen LogP contribution in [0.25, 0.3) is 0 Å². The van der Waals surface area contributed by atoms with Crippen molar-refractivity contribution in [2.24, 2.45) is 0 Å². The van der Waals surface area contributed by atoms with Crippen LogP contribution < -0.4 is 0 Å². The Kier molecular flexibility index (Phi) is 3.31. The Labute approximate surface area is 111 Å². The third kappa shape index (κ3) is 2.67. The first kappa shape index (κ1) is 12.3. The summed E-state index contributed by atoms with van der Waals surface area (Å²) in [5.41, 5.74) is 0.627. The number of aromatic nitrogens is 2. The van der Waals surface area contributed by atoms with E-state index in [1.54, 1.807) is 18.3 Å². The van der Waals surface area contributed by atoms with Crippen molar-refractivity contribution in [1.82, 2.24) is 14.7 Å². The van der Waals surface area contributed by atoms with Gasteiger partial charge in [-0.25, -0.2) is 4.39 Å². The smallest absolute Gasteiger partial charge is 0.123 e. The molecule has 0 amide bonds. The predicted octanol–water partition coefficient (Wildman–Crippen LogP) is 1.61. The second-order valence-electron chi connectivity index (χ2n) is 4.93. The molecule has 0 unspecified atom stereocenters. The molecule has 19 heavy (non-hydrogen) atoms. The predicted molar refractivity (Wildman–Crippen MR) is 69.1 cm³/mol. The second kappa shape index (κ2) is 5.11. The van der Waals surface area contributed by atoms with Crippen LogP contribution in [-0.2, 0) is 0 Å². The Hall–Kier alpha value is -1.72. The molecule has 1 aliphatic heterocycles. The van der Waals surface area contributed by atoms with E-state index in [0.717, 1.165) is 13.1 Å². The van der Waals surface area contributed by atoms with E-state index in [2.05, 4.69) is 10.00 Å². The molecule has 5 heteroatoms. The van der Waals surface area contributed by atoms with Crippen LogP contribution in [-0.4, -0.2) is 39.4 Å². The van der Waals surface area contributed by atoms with Crippen LogP contribution in [0.3, 0.4) is 0 Å². The summed E-state index contributed by atoms with van der Waals surface area (Å²) in [6, 6.07) is 8.43. The molecule has 4 nitrogen and oxygen atoms in total. The fourth-order valence-corrected chi connectivity index (χ4v) is 2.42. The number of halogens is 1. The number of hydrogen-bond acceptors (Lipinski definition) is 3. The first-order chi connectivity index (χ1) is 9.22. The monoisotopic (exact) mass is 261 g/mol. The molecule has 1 N–H and O–H groups in total. The fraction of sp³-hybridized carbons (Fsp3) is 0.357. The number of nitrogens with zero attached hydrogens (tertiary/aromatic N) is 3. The van der Waals surface area contributed by atoms with E-state index in [1.165, 1.54) is 12.1 Å². The zero-order valence-electron chi connectivity index (χ0n) is 10.5. The number of β-amino-alcohol motifs (C(OH)–C–C–N with tert-alkyl or cyclic N) is 1. The third-order valence-corrected chi connectivity index (χ3v) is 3.50. The summed E-state index contributed by atoms with van der Waals surface area (Å²) in [4.78, 5) is 2.14. The normalized spacial score (nSPS) is 18.2. The molecule has 1 aromatic carbocycles. The molecule has 2 heterocycles. The van der Waals surface area contributed by atoms with Gasteiger partial charge in [0.05, 0.1) is 12.1 Å². The molecule has 1 aromatic heterocycles. The van der Waals surface area contributed by atoms with E-state index in [-0.39, 0.29) is 5.82 Å². The standard InChI is InChI=1S/C14H16FN3O/c15-12-4-1-3-11(7-12)14(19)10-17-8-13(9-17)18-6-2-5-16-18/h1-7,13-14,19H,8-10H2/t14-/m0/s1. The molecule has 1 aliphatic rings. The van der Waals surface area contributed by atoms with E-state index in [0.29, 0.717) is 18.2 Å². The van der Waals surface area contributed by atoms with Gasteiger partial charge in [0.1, 0.15) is 5.82 Å². The van der Waals surface area contributed by atoms with Gasteiger partial charge in [-0.05, 0) is 23.8 Å². The molecule has 0 aliphatic carbocycles.